The van der Waals surface area contributed by atoms with E-state index >= 15 is 0 Å². The molecule has 0 bridgehead atoms. The van der Waals surface area contributed by atoms with Crippen molar-refractivity contribution in [3.05, 3.63) is 41.5 Å². The van der Waals surface area contributed by atoms with Gasteiger partial charge in [0.25, 0.3) is 11.8 Å². The molecule has 9 nitrogen and oxygen atoms in total. The lowest BCUT2D eigenvalue weighted by atomic mass is 9.93. The number of carbonyl (C=O) groups excluding carboxylic acids is 2. The lowest BCUT2D eigenvalue weighted by Gasteiger charge is -2.25. The van der Waals surface area contributed by atoms with Gasteiger partial charge in [0.15, 0.2) is 5.75 Å². The van der Waals surface area contributed by atoms with E-state index in [9.17, 15) is 14.7 Å². The maximum atomic E-state index is 12.6. The predicted octanol–water partition coefficient (Wildman–Crippen LogP) is 1.34. The predicted molar refractivity (Wildman–Crippen MR) is 101 cm³/mol. The number of nitrogens with zero attached hydrogens (tertiary/aromatic N) is 2. The van der Waals surface area contributed by atoms with Crippen molar-refractivity contribution in [3.63, 3.8) is 0 Å². The van der Waals surface area contributed by atoms with Crippen molar-refractivity contribution in [1.82, 2.24) is 25.8 Å². The molecule has 1 fully saturated rings. The fraction of sp³-hybridized carbons (Fsp3) is 0.474. The first-order valence-corrected chi connectivity index (χ1v) is 9.35. The molecule has 9 heteroatoms. The van der Waals surface area contributed by atoms with E-state index in [1.165, 1.54) is 13.1 Å². The molecule has 0 unspecified atom stereocenters. The molecule has 1 aliphatic rings. The Morgan fingerprint density at radius 2 is 2.00 bits per heavy atom. The number of H-pyrrole nitrogens is 1. The van der Waals surface area contributed by atoms with Crippen LogP contribution in [0, 0.1) is 0 Å². The third kappa shape index (κ3) is 4.66. The average Bonchev–Trinajstić information content (AvgIpc) is 3.13. The van der Waals surface area contributed by atoms with Crippen LogP contribution in [0.5, 0.6) is 5.75 Å². The minimum Gasteiger partial charge on any atom is -0.483 e. The molecule has 2 amide bonds. The van der Waals surface area contributed by atoms with Crippen LogP contribution in [0.3, 0.4) is 0 Å². The molecule has 1 aliphatic carbocycles. The number of ether oxygens (including phenoxy) is 1. The number of carbonyl (C=O) groups is 2. The molecule has 28 heavy (non-hydrogen) atoms. The summed E-state index contributed by atoms with van der Waals surface area (Å²) < 4.78 is 5.92. The number of aromatic amines is 1. The van der Waals surface area contributed by atoms with Crippen LogP contribution in [0.25, 0.3) is 0 Å². The monoisotopic (exact) mass is 387 g/mol. The summed E-state index contributed by atoms with van der Waals surface area (Å²) in [7, 11) is 1.51. The lowest BCUT2D eigenvalue weighted by molar-refractivity contribution is 0.0863. The Kier molecular flexibility index (Phi) is 6.25. The van der Waals surface area contributed by atoms with Gasteiger partial charge in [0.1, 0.15) is 17.5 Å². The summed E-state index contributed by atoms with van der Waals surface area (Å²) in [6, 6.07) is 3.31. The third-order valence-electron chi connectivity index (χ3n) is 4.89. The zero-order valence-corrected chi connectivity index (χ0v) is 15.9. The van der Waals surface area contributed by atoms with Crippen molar-refractivity contribution in [2.24, 2.45) is 0 Å². The Balaban J connectivity index is 1.75. The smallest absolute Gasteiger partial charge is 0.271 e. The van der Waals surface area contributed by atoms with Crippen molar-refractivity contribution in [2.45, 2.75) is 50.9 Å². The molecule has 4 N–H and O–H groups in total. The normalized spacial score (nSPS) is 20.2. The number of nitrogens with one attached hydrogen (secondary N) is 3. The molecule has 0 saturated heterocycles. The van der Waals surface area contributed by atoms with Crippen molar-refractivity contribution < 1.29 is 19.4 Å². The largest absolute Gasteiger partial charge is 0.483 e. The SMILES string of the molecule is CNC(=O)c1[nH]c(C(=O)NC2CCC(O)CC2)cc1O[C@H](C)c1ccnnc1. The summed E-state index contributed by atoms with van der Waals surface area (Å²) in [6.07, 6.45) is 5.27. The molecule has 0 aromatic carbocycles. The topological polar surface area (TPSA) is 129 Å². The first kappa shape index (κ1) is 19.8. The van der Waals surface area contributed by atoms with E-state index in [0.717, 1.165) is 18.4 Å². The zero-order valence-electron chi connectivity index (χ0n) is 15.9. The summed E-state index contributed by atoms with van der Waals surface area (Å²) in [5.74, 6) is -0.401. The van der Waals surface area contributed by atoms with Crippen LogP contribution in [0.1, 0.15) is 65.3 Å². The summed E-state index contributed by atoms with van der Waals surface area (Å²) in [6.45, 7) is 1.82. The Labute approximate surface area is 162 Å². The highest BCUT2D eigenvalue weighted by Crippen LogP contribution is 2.27. The van der Waals surface area contributed by atoms with Crippen LogP contribution < -0.4 is 15.4 Å². The van der Waals surface area contributed by atoms with Gasteiger partial charge in [0.2, 0.25) is 0 Å². The number of hydrogen-bond acceptors (Lipinski definition) is 6. The molecule has 0 radical (unpaired) electrons. The first-order chi connectivity index (χ1) is 13.5. The van der Waals surface area contributed by atoms with Crippen LogP contribution in [0.15, 0.2) is 24.5 Å². The number of rotatable bonds is 6. The fourth-order valence-corrected chi connectivity index (χ4v) is 3.23. The number of amides is 2. The molecular weight excluding hydrogens is 362 g/mol. The minimum atomic E-state index is -0.384. The van der Waals surface area contributed by atoms with Gasteiger partial charge in [-0.25, -0.2) is 0 Å². The highest BCUT2D eigenvalue weighted by molar-refractivity contribution is 5.99. The van der Waals surface area contributed by atoms with E-state index in [1.807, 2.05) is 6.92 Å². The number of aromatic nitrogens is 3. The molecular formula is C19H25N5O4. The number of aliphatic hydroxyl groups is 1. The zero-order chi connectivity index (χ0) is 20.1. The van der Waals surface area contributed by atoms with Crippen molar-refractivity contribution in [1.29, 1.82) is 0 Å². The van der Waals surface area contributed by atoms with Crippen LogP contribution in [-0.2, 0) is 0 Å². The second kappa shape index (κ2) is 8.83. The van der Waals surface area contributed by atoms with Gasteiger partial charge in [-0.2, -0.15) is 10.2 Å². The van der Waals surface area contributed by atoms with E-state index in [0.29, 0.717) is 12.8 Å². The molecule has 0 spiro atoms. The van der Waals surface area contributed by atoms with Gasteiger partial charge < -0.3 is 25.5 Å². The molecule has 1 atom stereocenters. The first-order valence-electron chi connectivity index (χ1n) is 9.35. The van der Waals surface area contributed by atoms with Gasteiger partial charge in [-0.15, -0.1) is 0 Å². The second-order valence-electron chi connectivity index (χ2n) is 6.92. The highest BCUT2D eigenvalue weighted by Gasteiger charge is 2.25. The summed E-state index contributed by atoms with van der Waals surface area (Å²) >= 11 is 0. The maximum Gasteiger partial charge on any atom is 0.271 e. The van der Waals surface area contributed by atoms with Crippen LogP contribution in [0.4, 0.5) is 0 Å². The van der Waals surface area contributed by atoms with E-state index in [-0.39, 0.29) is 47.2 Å². The molecule has 2 heterocycles. The van der Waals surface area contributed by atoms with Gasteiger partial charge in [-0.3, -0.25) is 9.59 Å². The number of aliphatic hydroxyl groups excluding tert-OH is 1. The Morgan fingerprint density at radius 3 is 2.64 bits per heavy atom. The molecule has 150 valence electrons. The summed E-state index contributed by atoms with van der Waals surface area (Å²) in [5.41, 5.74) is 1.23. The lowest BCUT2D eigenvalue weighted by Crippen LogP contribution is -2.38. The maximum absolute atomic E-state index is 12.6. The number of hydrogen-bond donors (Lipinski definition) is 4. The van der Waals surface area contributed by atoms with Gasteiger partial charge in [-0.05, 0) is 38.7 Å². The van der Waals surface area contributed by atoms with Gasteiger partial charge >= 0.3 is 0 Å². The van der Waals surface area contributed by atoms with Gasteiger partial charge in [-0.1, -0.05) is 0 Å². The van der Waals surface area contributed by atoms with Crippen LogP contribution in [0.2, 0.25) is 0 Å². The van der Waals surface area contributed by atoms with E-state index < -0.39 is 0 Å². The highest BCUT2D eigenvalue weighted by atomic mass is 16.5. The quantitative estimate of drug-likeness (QED) is 0.592. The van der Waals surface area contributed by atoms with Crippen LogP contribution in [-0.4, -0.2) is 51.3 Å². The average molecular weight is 387 g/mol. The molecule has 1 saturated carbocycles. The van der Waals surface area contributed by atoms with Crippen molar-refractivity contribution in [3.8, 4) is 5.75 Å². The third-order valence-corrected chi connectivity index (χ3v) is 4.89. The Bertz CT molecular complexity index is 815. The van der Waals surface area contributed by atoms with Gasteiger partial charge in [0.05, 0.1) is 12.3 Å². The standard InChI is InChI=1S/C19H25N5O4/c1-11(12-7-8-21-22-10-12)28-16-9-15(24-17(16)19(27)20-2)18(26)23-13-3-5-14(25)6-4-13/h7-11,13-14,24-25H,3-6H2,1-2H3,(H,20,27)(H,23,26)/t11-,13?,14?/m1/s1. The Hall–Kier alpha value is -2.94. The van der Waals surface area contributed by atoms with E-state index in [1.54, 1.807) is 18.5 Å². The molecule has 3 rings (SSSR count). The van der Waals surface area contributed by atoms with Crippen molar-refractivity contribution in [2.75, 3.05) is 7.05 Å². The van der Waals surface area contributed by atoms with Crippen molar-refractivity contribution >= 4 is 11.8 Å². The fourth-order valence-electron chi connectivity index (χ4n) is 3.23. The van der Waals surface area contributed by atoms with E-state index in [2.05, 4.69) is 25.8 Å². The minimum absolute atomic E-state index is 0.00818. The second-order valence-corrected chi connectivity index (χ2v) is 6.92. The molecule has 2 aromatic heterocycles. The van der Waals surface area contributed by atoms with Crippen LogP contribution >= 0.6 is 0 Å². The molecule has 0 aliphatic heterocycles. The van der Waals surface area contributed by atoms with E-state index in [4.69, 9.17) is 4.74 Å². The Morgan fingerprint density at radius 1 is 1.25 bits per heavy atom. The summed E-state index contributed by atoms with van der Waals surface area (Å²) in [5, 5.41) is 22.7. The molecule has 2 aromatic rings. The summed E-state index contributed by atoms with van der Waals surface area (Å²) in [4.78, 5) is 27.7. The van der Waals surface area contributed by atoms with Gasteiger partial charge in [0, 0.05) is 30.9 Å².